The monoisotopic (exact) mass is 454 g/mol. The van der Waals surface area contributed by atoms with Crippen LogP contribution in [0.5, 0.6) is 5.75 Å². The highest BCUT2D eigenvalue weighted by molar-refractivity contribution is 6.05. The van der Waals surface area contributed by atoms with Gasteiger partial charge < -0.3 is 14.4 Å². The van der Waals surface area contributed by atoms with Gasteiger partial charge in [0.1, 0.15) is 18.4 Å². The van der Waals surface area contributed by atoms with E-state index in [1.54, 1.807) is 18.2 Å². The van der Waals surface area contributed by atoms with Crippen molar-refractivity contribution >= 4 is 17.7 Å². The van der Waals surface area contributed by atoms with Gasteiger partial charge in [0.2, 0.25) is 11.8 Å². The number of rotatable bonds is 6. The fraction of sp³-hybridized carbons (Fsp3) is 0.400. The van der Waals surface area contributed by atoms with E-state index in [9.17, 15) is 14.4 Å². The Morgan fingerprint density at radius 1 is 1.12 bits per heavy atom. The maximum atomic E-state index is 13.1. The first-order valence-electron chi connectivity index (χ1n) is 13.4. The van der Waals surface area contributed by atoms with E-state index in [0.717, 1.165) is 4.90 Å². The molecule has 3 heterocycles. The molecule has 0 aliphatic carbocycles. The number of carbonyl (C=O) groups excluding carboxylic acids is 3. The molecule has 3 aliphatic heterocycles. The maximum absolute atomic E-state index is 13.1. The third-order valence-corrected chi connectivity index (χ3v) is 5.94. The van der Waals surface area contributed by atoms with Crippen molar-refractivity contribution < 1.29 is 30.7 Å². The van der Waals surface area contributed by atoms with Crippen molar-refractivity contribution in [3.05, 3.63) is 64.6 Å². The molecule has 1 unspecified atom stereocenters. The molecule has 0 saturated carbocycles. The summed E-state index contributed by atoms with van der Waals surface area (Å²) in [5.74, 6) is -1.58. The minimum Gasteiger partial charge on any atom is -0.489 e. The summed E-state index contributed by atoms with van der Waals surface area (Å²) in [6.07, 6.45) is -0.170. The number of ether oxygens (including phenoxy) is 2. The fourth-order valence-electron chi connectivity index (χ4n) is 4.17. The SMILES string of the molecule is [2H]c1c([2H])c(CN2CCOCC2)c([2H])c([2H])c1COc1cccc2c1CN(C1([2H])CCC(=O)NC1=O)C2=O. The van der Waals surface area contributed by atoms with Gasteiger partial charge >= 0.3 is 0 Å². The Morgan fingerprint density at radius 3 is 2.64 bits per heavy atom. The number of piperidine rings is 1. The summed E-state index contributed by atoms with van der Waals surface area (Å²) in [6, 6.07) is 2.23. The molecule has 1 atom stereocenters. The van der Waals surface area contributed by atoms with Crippen LogP contribution >= 0.6 is 0 Å². The van der Waals surface area contributed by atoms with Crippen LogP contribution in [-0.4, -0.2) is 59.8 Å². The Labute approximate surface area is 199 Å². The molecule has 2 fully saturated rings. The Morgan fingerprint density at radius 2 is 1.88 bits per heavy atom. The molecule has 0 radical (unpaired) electrons. The molecular weight excluding hydrogens is 422 g/mol. The smallest absolute Gasteiger partial charge is 0.255 e. The second kappa shape index (κ2) is 9.33. The lowest BCUT2D eigenvalue weighted by molar-refractivity contribution is -0.136. The molecule has 0 aromatic heterocycles. The summed E-state index contributed by atoms with van der Waals surface area (Å²) in [5.41, 5.74) is 1.12. The highest BCUT2D eigenvalue weighted by Gasteiger charge is 2.40. The number of carbonyl (C=O) groups is 3. The summed E-state index contributed by atoms with van der Waals surface area (Å²) in [5, 5.41) is 2.13. The maximum Gasteiger partial charge on any atom is 0.255 e. The Kier molecular flexibility index (Phi) is 4.63. The number of amides is 3. The number of hydrogen-bond acceptors (Lipinski definition) is 6. The van der Waals surface area contributed by atoms with Gasteiger partial charge in [-0.05, 0) is 29.7 Å². The van der Waals surface area contributed by atoms with Crippen LogP contribution in [0.15, 0.2) is 42.4 Å². The molecule has 3 amide bonds. The van der Waals surface area contributed by atoms with Crippen LogP contribution in [0, 0.1) is 0 Å². The molecule has 3 aliphatic rings. The van der Waals surface area contributed by atoms with E-state index >= 15 is 0 Å². The van der Waals surface area contributed by atoms with Crippen molar-refractivity contribution in [2.24, 2.45) is 0 Å². The van der Waals surface area contributed by atoms with Gasteiger partial charge in [-0.3, -0.25) is 24.6 Å². The third kappa shape index (κ3) is 4.62. The number of fused-ring (bicyclic) bond motifs is 1. The van der Waals surface area contributed by atoms with Gasteiger partial charge in [0.15, 0.2) is 0 Å². The summed E-state index contributed by atoms with van der Waals surface area (Å²) < 4.78 is 53.9. The Balaban J connectivity index is 1.37. The molecule has 0 spiro atoms. The zero-order valence-corrected chi connectivity index (χ0v) is 18.0. The minimum absolute atomic E-state index is 0.0519. The summed E-state index contributed by atoms with van der Waals surface area (Å²) >= 11 is 0. The molecule has 2 aromatic rings. The predicted octanol–water partition coefficient (Wildman–Crippen LogP) is 1.86. The molecule has 1 N–H and O–H groups in total. The molecule has 8 nitrogen and oxygen atoms in total. The van der Waals surface area contributed by atoms with Crippen LogP contribution in [0.25, 0.3) is 0 Å². The number of nitrogens with zero attached hydrogens (tertiary/aromatic N) is 2. The molecule has 33 heavy (non-hydrogen) atoms. The number of imide groups is 1. The topological polar surface area (TPSA) is 88.2 Å². The molecule has 8 heteroatoms. The van der Waals surface area contributed by atoms with E-state index in [-0.39, 0.29) is 73.6 Å². The van der Waals surface area contributed by atoms with Crippen LogP contribution in [0.2, 0.25) is 0 Å². The molecule has 0 bridgehead atoms. The van der Waals surface area contributed by atoms with E-state index in [2.05, 4.69) is 5.32 Å². The first kappa shape index (κ1) is 16.4. The van der Waals surface area contributed by atoms with Gasteiger partial charge in [0.25, 0.3) is 5.91 Å². The number of morpholine rings is 1. The largest absolute Gasteiger partial charge is 0.489 e. The van der Waals surface area contributed by atoms with Crippen molar-refractivity contribution in [3.8, 4) is 5.75 Å². The van der Waals surface area contributed by atoms with Gasteiger partial charge in [0.05, 0.1) is 26.6 Å². The molecular formula is C25H27N3O5. The Hall–Kier alpha value is -3.23. The summed E-state index contributed by atoms with van der Waals surface area (Å²) in [6.45, 7) is 2.35. The van der Waals surface area contributed by atoms with E-state index in [4.69, 9.17) is 16.3 Å². The highest BCUT2D eigenvalue weighted by atomic mass is 16.5. The van der Waals surface area contributed by atoms with E-state index in [1.807, 2.05) is 4.90 Å². The van der Waals surface area contributed by atoms with Crippen LogP contribution in [0.4, 0.5) is 0 Å². The molecule has 5 rings (SSSR count). The zero-order chi connectivity index (χ0) is 27.2. The normalized spacial score (nSPS) is 25.5. The standard InChI is InChI=1S/C25H27N3O5/c29-23-9-8-21(24(30)26-23)28-15-20-19(25(28)31)2-1-3-22(20)33-16-18-6-4-17(5-7-18)14-27-10-12-32-13-11-27/h1-7,21H,8-16H2,(H,26,29,30)/i4D,5D,6D,7D,21D. The minimum atomic E-state index is -1.93. The van der Waals surface area contributed by atoms with Gasteiger partial charge in [-0.2, -0.15) is 0 Å². The molecule has 2 saturated heterocycles. The lowest BCUT2D eigenvalue weighted by atomic mass is 10.0. The fourth-order valence-corrected chi connectivity index (χ4v) is 4.17. The average molecular weight is 455 g/mol. The van der Waals surface area contributed by atoms with Crippen LogP contribution in [-0.2, 0) is 34.0 Å². The van der Waals surface area contributed by atoms with Crippen molar-refractivity contribution in [1.82, 2.24) is 15.1 Å². The lowest BCUT2D eigenvalue weighted by Gasteiger charge is -2.29. The van der Waals surface area contributed by atoms with Gasteiger partial charge in [-0.1, -0.05) is 30.2 Å². The predicted molar refractivity (Wildman–Crippen MR) is 119 cm³/mol. The van der Waals surface area contributed by atoms with E-state index < -0.39 is 23.7 Å². The van der Waals surface area contributed by atoms with Crippen LogP contribution in [0.1, 0.15) is 46.7 Å². The summed E-state index contributed by atoms with van der Waals surface area (Å²) in [4.78, 5) is 40.3. The average Bonchev–Trinajstić information content (AvgIpc) is 3.26. The second-order valence-corrected chi connectivity index (χ2v) is 8.13. The second-order valence-electron chi connectivity index (χ2n) is 8.13. The quantitative estimate of drug-likeness (QED) is 0.671. The molecule has 172 valence electrons. The third-order valence-electron chi connectivity index (χ3n) is 5.94. The van der Waals surface area contributed by atoms with E-state index in [0.29, 0.717) is 37.4 Å². The number of hydrogen-bond donors (Lipinski definition) is 1. The highest BCUT2D eigenvalue weighted by Crippen LogP contribution is 2.34. The molecule has 2 aromatic carbocycles. The van der Waals surface area contributed by atoms with Gasteiger partial charge in [-0.25, -0.2) is 0 Å². The Bertz CT molecular complexity index is 1300. The summed E-state index contributed by atoms with van der Waals surface area (Å²) in [7, 11) is 0. The first-order chi connectivity index (χ1) is 18.1. The van der Waals surface area contributed by atoms with Crippen LogP contribution < -0.4 is 10.1 Å². The number of nitrogens with one attached hydrogen (secondary N) is 1. The van der Waals surface area contributed by atoms with Crippen LogP contribution in [0.3, 0.4) is 0 Å². The number of benzene rings is 2. The first-order valence-corrected chi connectivity index (χ1v) is 10.9. The van der Waals surface area contributed by atoms with Crippen molar-refractivity contribution in [2.75, 3.05) is 26.3 Å². The van der Waals surface area contributed by atoms with Crippen molar-refractivity contribution in [2.45, 2.75) is 38.6 Å². The van der Waals surface area contributed by atoms with E-state index in [1.165, 1.54) is 0 Å². The zero-order valence-electron chi connectivity index (χ0n) is 23.0. The van der Waals surface area contributed by atoms with Gasteiger partial charge in [0, 0.05) is 37.2 Å². The van der Waals surface area contributed by atoms with Crippen molar-refractivity contribution in [3.63, 3.8) is 0 Å². The van der Waals surface area contributed by atoms with Crippen molar-refractivity contribution in [1.29, 1.82) is 0 Å². The lowest BCUT2D eigenvalue weighted by Crippen LogP contribution is -2.52. The van der Waals surface area contributed by atoms with Gasteiger partial charge in [-0.15, -0.1) is 0 Å².